The van der Waals surface area contributed by atoms with Gasteiger partial charge in [0.25, 0.3) is 0 Å². The Bertz CT molecular complexity index is 416. The van der Waals surface area contributed by atoms with Crippen molar-refractivity contribution >= 4 is 11.4 Å². The molecule has 1 N–H and O–H groups in total. The van der Waals surface area contributed by atoms with Crippen molar-refractivity contribution < 1.29 is 0 Å². The number of hydrogen-bond donors (Lipinski definition) is 1. The lowest BCUT2D eigenvalue weighted by Crippen LogP contribution is -1.98. The van der Waals surface area contributed by atoms with Crippen molar-refractivity contribution in [3.05, 3.63) is 54.9 Å². The molecule has 0 spiro atoms. The van der Waals surface area contributed by atoms with Gasteiger partial charge in [-0.1, -0.05) is 24.8 Å². The van der Waals surface area contributed by atoms with Gasteiger partial charge in [0.15, 0.2) is 0 Å². The van der Waals surface area contributed by atoms with Crippen molar-refractivity contribution in [2.45, 2.75) is 20.3 Å². The number of rotatable bonds is 5. The molecule has 0 aliphatic heterocycles. The number of aromatic nitrogens is 1. The minimum Gasteiger partial charge on any atom is -0.345 e. The maximum Gasteiger partial charge on any atom is 0.130 e. The molecule has 84 valence electrons. The number of pyridine rings is 1. The highest BCUT2D eigenvalue weighted by molar-refractivity contribution is 5.64. The Kier molecular flexibility index (Phi) is 4.52. The summed E-state index contributed by atoms with van der Waals surface area (Å²) in [6.07, 6.45) is 4.78. The lowest BCUT2D eigenvalue weighted by molar-refractivity contribution is 1.21. The maximum atomic E-state index is 4.51. The van der Waals surface area contributed by atoms with Gasteiger partial charge in [0.05, 0.1) is 5.69 Å². The van der Waals surface area contributed by atoms with Crippen LogP contribution in [0.1, 0.15) is 26.0 Å². The predicted molar refractivity (Wildman–Crippen MR) is 71.1 cm³/mol. The van der Waals surface area contributed by atoms with Gasteiger partial charge >= 0.3 is 0 Å². The molecular weight excluding hydrogens is 196 g/mol. The third-order valence-corrected chi connectivity index (χ3v) is 2.13. The van der Waals surface area contributed by atoms with Gasteiger partial charge in [-0.05, 0) is 38.0 Å². The van der Waals surface area contributed by atoms with Crippen molar-refractivity contribution in [1.82, 2.24) is 4.98 Å². The molecular formula is C14H18N2. The van der Waals surface area contributed by atoms with E-state index in [2.05, 4.69) is 29.5 Å². The fourth-order valence-corrected chi connectivity index (χ4v) is 1.43. The van der Waals surface area contributed by atoms with Gasteiger partial charge in [-0.3, -0.25) is 0 Å². The fourth-order valence-electron chi connectivity index (χ4n) is 1.43. The number of hydrogen-bond acceptors (Lipinski definition) is 2. The Morgan fingerprint density at radius 3 is 2.81 bits per heavy atom. The first kappa shape index (κ1) is 12.2. The third kappa shape index (κ3) is 3.39. The Balaban J connectivity index is 2.96. The molecule has 0 radical (unpaired) electrons. The predicted octanol–water partition coefficient (Wildman–Crippen LogP) is 4.01. The summed E-state index contributed by atoms with van der Waals surface area (Å²) in [7, 11) is 0. The van der Waals surface area contributed by atoms with Gasteiger partial charge in [-0.15, -0.1) is 6.58 Å². The van der Waals surface area contributed by atoms with E-state index in [1.807, 2.05) is 38.1 Å². The highest BCUT2D eigenvalue weighted by Gasteiger charge is 2.01. The molecule has 0 amide bonds. The van der Waals surface area contributed by atoms with Crippen molar-refractivity contribution in [2.24, 2.45) is 0 Å². The molecule has 1 aromatic rings. The van der Waals surface area contributed by atoms with Crippen LogP contribution in [0.2, 0.25) is 0 Å². The molecule has 0 aliphatic rings. The summed E-state index contributed by atoms with van der Waals surface area (Å²) >= 11 is 0. The zero-order valence-electron chi connectivity index (χ0n) is 9.96. The average molecular weight is 214 g/mol. The highest BCUT2D eigenvalue weighted by atomic mass is 15.0. The summed E-state index contributed by atoms with van der Waals surface area (Å²) in [5.74, 6) is 0.827. The van der Waals surface area contributed by atoms with E-state index in [-0.39, 0.29) is 0 Å². The van der Waals surface area contributed by atoms with Gasteiger partial charge < -0.3 is 5.32 Å². The van der Waals surface area contributed by atoms with E-state index < -0.39 is 0 Å². The first-order valence-corrected chi connectivity index (χ1v) is 5.33. The molecule has 0 bridgehead atoms. The molecule has 16 heavy (non-hydrogen) atoms. The van der Waals surface area contributed by atoms with Crippen LogP contribution in [0.5, 0.6) is 0 Å². The van der Waals surface area contributed by atoms with Crippen molar-refractivity contribution in [1.29, 1.82) is 0 Å². The fraction of sp³-hybridized carbons (Fsp3) is 0.214. The second kappa shape index (κ2) is 5.91. The molecule has 2 heteroatoms. The quantitative estimate of drug-likeness (QED) is 0.749. The standard InChI is InChI=1S/C14H18N2/c1-5-8-12(6-2)13-9-7-10-14(16-13)15-11(3)4/h5-7,9-10H,1,3,8H2,2,4H3,(H,15,16)/b12-6+. The summed E-state index contributed by atoms with van der Waals surface area (Å²) < 4.78 is 0. The van der Waals surface area contributed by atoms with E-state index in [4.69, 9.17) is 0 Å². The molecule has 0 atom stereocenters. The van der Waals surface area contributed by atoms with Crippen LogP contribution in [0.25, 0.3) is 5.57 Å². The van der Waals surface area contributed by atoms with Crippen LogP contribution in [0.4, 0.5) is 5.82 Å². The molecule has 0 saturated carbocycles. The van der Waals surface area contributed by atoms with E-state index in [0.717, 1.165) is 23.6 Å². The topological polar surface area (TPSA) is 24.9 Å². The summed E-state index contributed by atoms with van der Waals surface area (Å²) in [6, 6.07) is 5.92. The molecule has 2 nitrogen and oxygen atoms in total. The van der Waals surface area contributed by atoms with E-state index in [1.165, 1.54) is 5.57 Å². The zero-order valence-corrected chi connectivity index (χ0v) is 9.96. The van der Waals surface area contributed by atoms with Crippen LogP contribution in [0, 0.1) is 0 Å². The molecule has 0 saturated heterocycles. The molecule has 0 aliphatic carbocycles. The minimum absolute atomic E-state index is 0.827. The Morgan fingerprint density at radius 1 is 1.50 bits per heavy atom. The number of nitrogens with zero attached hydrogens (tertiary/aromatic N) is 1. The van der Waals surface area contributed by atoms with Gasteiger partial charge in [0, 0.05) is 5.70 Å². The van der Waals surface area contributed by atoms with E-state index >= 15 is 0 Å². The lowest BCUT2D eigenvalue weighted by Gasteiger charge is -2.08. The van der Waals surface area contributed by atoms with Crippen molar-refractivity contribution in [3.63, 3.8) is 0 Å². The SMILES string of the molecule is C=CC/C(=C\C)c1cccc(NC(=C)C)n1. The lowest BCUT2D eigenvalue weighted by atomic mass is 10.1. The van der Waals surface area contributed by atoms with Crippen LogP contribution in [0.3, 0.4) is 0 Å². The minimum atomic E-state index is 0.827. The smallest absolute Gasteiger partial charge is 0.130 e. The van der Waals surface area contributed by atoms with Gasteiger partial charge in [0.1, 0.15) is 5.82 Å². The number of allylic oxidation sites excluding steroid dienone is 4. The van der Waals surface area contributed by atoms with E-state index in [1.54, 1.807) is 0 Å². The molecule has 1 rings (SSSR count). The van der Waals surface area contributed by atoms with Crippen LogP contribution < -0.4 is 5.32 Å². The molecule has 0 unspecified atom stereocenters. The van der Waals surface area contributed by atoms with Gasteiger partial charge in [-0.2, -0.15) is 0 Å². The van der Waals surface area contributed by atoms with Crippen LogP contribution >= 0.6 is 0 Å². The van der Waals surface area contributed by atoms with Gasteiger partial charge in [0.2, 0.25) is 0 Å². The highest BCUT2D eigenvalue weighted by Crippen LogP contribution is 2.18. The number of anilines is 1. The molecule has 1 aromatic heterocycles. The first-order valence-electron chi connectivity index (χ1n) is 5.33. The summed E-state index contributed by atoms with van der Waals surface area (Å²) in [6.45, 7) is 11.5. The number of nitrogens with one attached hydrogen (secondary N) is 1. The van der Waals surface area contributed by atoms with Gasteiger partial charge in [-0.25, -0.2) is 4.98 Å². The third-order valence-electron chi connectivity index (χ3n) is 2.13. The largest absolute Gasteiger partial charge is 0.345 e. The summed E-state index contributed by atoms with van der Waals surface area (Å²) in [5, 5.41) is 3.11. The van der Waals surface area contributed by atoms with E-state index in [9.17, 15) is 0 Å². The Labute approximate surface area is 97.4 Å². The van der Waals surface area contributed by atoms with Crippen LogP contribution in [-0.2, 0) is 0 Å². The normalized spacial score (nSPS) is 11.0. The second-order valence-corrected chi connectivity index (χ2v) is 3.62. The second-order valence-electron chi connectivity index (χ2n) is 3.62. The zero-order chi connectivity index (χ0) is 12.0. The maximum absolute atomic E-state index is 4.51. The molecule has 0 aromatic carbocycles. The van der Waals surface area contributed by atoms with E-state index in [0.29, 0.717) is 0 Å². The molecule has 1 heterocycles. The Hall–Kier alpha value is -1.83. The Morgan fingerprint density at radius 2 is 2.25 bits per heavy atom. The monoisotopic (exact) mass is 214 g/mol. The summed E-state index contributed by atoms with van der Waals surface area (Å²) in [5.41, 5.74) is 3.05. The first-order chi connectivity index (χ1) is 7.67. The average Bonchev–Trinajstić information content (AvgIpc) is 2.25. The molecule has 0 fully saturated rings. The summed E-state index contributed by atoms with van der Waals surface area (Å²) in [4.78, 5) is 4.51. The van der Waals surface area contributed by atoms with Crippen molar-refractivity contribution in [2.75, 3.05) is 5.32 Å². The van der Waals surface area contributed by atoms with Crippen LogP contribution in [0.15, 0.2) is 49.2 Å². The van der Waals surface area contributed by atoms with Crippen molar-refractivity contribution in [3.8, 4) is 0 Å². The van der Waals surface area contributed by atoms with Crippen LogP contribution in [-0.4, -0.2) is 4.98 Å².